The number of carboxylic acid groups (broad SMARTS) is 1. The van der Waals surface area contributed by atoms with E-state index in [0.29, 0.717) is 30.5 Å². The summed E-state index contributed by atoms with van der Waals surface area (Å²) in [5, 5.41) is 10.3. The highest BCUT2D eigenvalue weighted by molar-refractivity contribution is 5.64. The molecule has 0 amide bonds. The lowest BCUT2D eigenvalue weighted by molar-refractivity contribution is -0.305. The molecule has 0 aromatic rings. The Labute approximate surface area is 139 Å². The summed E-state index contributed by atoms with van der Waals surface area (Å²) in [6.07, 6.45) is 18.9. The zero-order valence-corrected chi connectivity index (χ0v) is 14.0. The zero-order chi connectivity index (χ0) is 16.2. The lowest BCUT2D eigenvalue weighted by Gasteiger charge is -2.11. The van der Waals surface area contributed by atoms with Crippen LogP contribution >= 0.6 is 0 Å². The number of epoxide rings is 1. The van der Waals surface area contributed by atoms with Crippen LogP contribution in [-0.4, -0.2) is 18.2 Å². The Hall–Kier alpha value is -1.22. The van der Waals surface area contributed by atoms with Gasteiger partial charge in [0.25, 0.3) is 0 Å². The molecule has 2 saturated carbocycles. The minimum atomic E-state index is -0.957. The molecule has 3 nitrogen and oxygen atoms in total. The van der Waals surface area contributed by atoms with Gasteiger partial charge in [-0.3, -0.25) is 0 Å². The number of unbranched alkanes of at least 4 members (excludes halogenated alkanes) is 1. The summed E-state index contributed by atoms with van der Waals surface area (Å²) in [6.45, 7) is 2.30. The Bertz CT molecular complexity index is 468. The van der Waals surface area contributed by atoms with Crippen molar-refractivity contribution in [3.05, 3.63) is 30.7 Å². The summed E-state index contributed by atoms with van der Waals surface area (Å²) in [6, 6.07) is 0. The van der Waals surface area contributed by atoms with Gasteiger partial charge in [0, 0.05) is 24.2 Å². The van der Waals surface area contributed by atoms with Crippen molar-refractivity contribution in [2.45, 2.75) is 64.1 Å². The van der Waals surface area contributed by atoms with Crippen molar-refractivity contribution in [3.8, 4) is 0 Å². The molecule has 1 saturated heterocycles. The van der Waals surface area contributed by atoms with E-state index in [1.807, 2.05) is 0 Å². The summed E-state index contributed by atoms with van der Waals surface area (Å²) in [5.41, 5.74) is 0. The van der Waals surface area contributed by atoms with E-state index in [-0.39, 0.29) is 6.42 Å². The maximum absolute atomic E-state index is 10.3. The second-order valence-corrected chi connectivity index (χ2v) is 7.28. The normalized spacial score (nSPS) is 38.1. The molecule has 3 fully saturated rings. The van der Waals surface area contributed by atoms with E-state index in [4.69, 9.17) is 4.74 Å². The van der Waals surface area contributed by atoms with Crippen molar-refractivity contribution in [2.24, 2.45) is 23.7 Å². The Morgan fingerprint density at radius 3 is 2.87 bits per heavy atom. The third-order valence-corrected chi connectivity index (χ3v) is 5.54. The number of carbonyl (C=O) groups excluding carboxylic acids is 1. The molecule has 0 aromatic heterocycles. The number of allylic oxidation sites excluding steroid dienone is 3. The van der Waals surface area contributed by atoms with Crippen LogP contribution in [0, 0.1) is 30.1 Å². The predicted octanol–water partition coefficient (Wildman–Crippen LogP) is 3.06. The summed E-state index contributed by atoms with van der Waals surface area (Å²) >= 11 is 0. The molecule has 0 N–H and O–H groups in total. The molecular formula is C20H28O3. The number of carbonyl (C=O) groups is 1. The minimum absolute atomic E-state index is 0.153. The van der Waals surface area contributed by atoms with Crippen LogP contribution in [0.2, 0.25) is 0 Å². The van der Waals surface area contributed by atoms with E-state index in [9.17, 15) is 9.90 Å². The van der Waals surface area contributed by atoms with Crippen molar-refractivity contribution >= 4 is 5.97 Å². The fourth-order valence-corrected chi connectivity index (χ4v) is 4.00. The van der Waals surface area contributed by atoms with Crippen molar-refractivity contribution in [1.29, 1.82) is 0 Å². The van der Waals surface area contributed by atoms with Gasteiger partial charge in [0.1, 0.15) is 11.8 Å². The van der Waals surface area contributed by atoms with Gasteiger partial charge in [-0.05, 0) is 38.5 Å². The van der Waals surface area contributed by atoms with Gasteiger partial charge in [-0.2, -0.15) is 0 Å². The average molecular weight is 316 g/mol. The Morgan fingerprint density at radius 2 is 2.13 bits per heavy atom. The molecule has 0 spiro atoms. The molecular weight excluding hydrogens is 288 g/mol. The van der Waals surface area contributed by atoms with Crippen molar-refractivity contribution in [3.63, 3.8) is 0 Å². The molecule has 0 aromatic carbocycles. The van der Waals surface area contributed by atoms with E-state index in [1.165, 1.54) is 19.3 Å². The first-order valence-corrected chi connectivity index (χ1v) is 9.21. The largest absolute Gasteiger partial charge is 0.550 e. The van der Waals surface area contributed by atoms with Crippen molar-refractivity contribution < 1.29 is 14.6 Å². The summed E-state index contributed by atoms with van der Waals surface area (Å²) < 4.78 is 5.73. The van der Waals surface area contributed by atoms with Gasteiger partial charge in [-0.15, -0.1) is 0 Å². The second-order valence-electron chi connectivity index (χ2n) is 7.28. The third kappa shape index (κ3) is 4.63. The standard InChI is InChI=1S/C20H28O3/c1-2-14-11-15(14)12-16-13-18-20(23-18)17(16)9-7-5-3-4-6-8-10-19(21)22/h3-4,7,9,12,14-18,20H,2,5-6,8,10-11,13H2,1H3/b4-3-,9-7-/t14-,15-,16+,17-,18-,20+/m0/s1. The summed E-state index contributed by atoms with van der Waals surface area (Å²) in [5.74, 6) is 2.14. The maximum atomic E-state index is 10.3. The summed E-state index contributed by atoms with van der Waals surface area (Å²) in [4.78, 5) is 10.3. The number of aliphatic carboxylic acids is 1. The van der Waals surface area contributed by atoms with E-state index < -0.39 is 5.97 Å². The summed E-state index contributed by atoms with van der Waals surface area (Å²) in [7, 11) is 0. The molecule has 6 atom stereocenters. The number of hydrogen-bond acceptors (Lipinski definition) is 3. The fourth-order valence-electron chi connectivity index (χ4n) is 4.00. The average Bonchev–Trinajstić information content (AvgIpc) is 3.42. The van der Waals surface area contributed by atoms with Gasteiger partial charge < -0.3 is 14.6 Å². The number of fused-ring (bicyclic) bond motifs is 1. The number of carboxylic acids is 1. The van der Waals surface area contributed by atoms with Gasteiger partial charge in [0.2, 0.25) is 0 Å². The van der Waals surface area contributed by atoms with Gasteiger partial charge in [-0.25, -0.2) is 0 Å². The van der Waals surface area contributed by atoms with Crippen LogP contribution in [0.15, 0.2) is 24.3 Å². The van der Waals surface area contributed by atoms with Crippen molar-refractivity contribution in [2.75, 3.05) is 0 Å². The Balaban J connectivity index is 1.36. The second kappa shape index (κ2) is 7.57. The van der Waals surface area contributed by atoms with Crippen LogP contribution in [0.4, 0.5) is 0 Å². The number of hydrogen-bond donors (Lipinski definition) is 0. The van der Waals surface area contributed by atoms with Crippen LogP contribution in [0.3, 0.4) is 0 Å². The minimum Gasteiger partial charge on any atom is -0.550 e. The van der Waals surface area contributed by atoms with Crippen LogP contribution in [0.1, 0.15) is 51.9 Å². The number of ether oxygens (including phenoxy) is 1. The Morgan fingerprint density at radius 1 is 1.26 bits per heavy atom. The van der Waals surface area contributed by atoms with E-state index in [0.717, 1.165) is 24.7 Å². The predicted molar refractivity (Wildman–Crippen MR) is 88.2 cm³/mol. The molecule has 0 radical (unpaired) electrons. The highest BCUT2D eigenvalue weighted by atomic mass is 16.6. The number of rotatable bonds is 10. The van der Waals surface area contributed by atoms with E-state index in [1.54, 1.807) is 0 Å². The molecule has 3 aliphatic rings. The Kier molecular flexibility index (Phi) is 5.47. The molecule has 0 bridgehead atoms. The van der Waals surface area contributed by atoms with Gasteiger partial charge in [0.15, 0.2) is 0 Å². The van der Waals surface area contributed by atoms with Crippen LogP contribution < -0.4 is 5.11 Å². The third-order valence-electron chi connectivity index (χ3n) is 5.54. The molecule has 1 aliphatic heterocycles. The molecule has 126 valence electrons. The van der Waals surface area contributed by atoms with Gasteiger partial charge >= 0.3 is 0 Å². The van der Waals surface area contributed by atoms with Crippen molar-refractivity contribution in [1.82, 2.24) is 0 Å². The highest BCUT2D eigenvalue weighted by Crippen LogP contribution is 2.53. The fraction of sp³-hybridized carbons (Fsp3) is 0.700. The molecule has 0 unspecified atom stereocenters. The van der Waals surface area contributed by atoms with Gasteiger partial charge in [0.05, 0.1) is 18.6 Å². The highest BCUT2D eigenvalue weighted by Gasteiger charge is 2.60. The first kappa shape index (κ1) is 16.6. The molecule has 3 heteroatoms. The quantitative estimate of drug-likeness (QED) is 0.269. The topological polar surface area (TPSA) is 52.7 Å². The first-order chi connectivity index (χ1) is 11.2. The lowest BCUT2D eigenvalue weighted by Crippen LogP contribution is -2.21. The first-order valence-electron chi connectivity index (χ1n) is 9.21. The maximum Gasteiger partial charge on any atom is 0.109 e. The molecule has 3 rings (SSSR count). The van der Waals surface area contributed by atoms with Crippen LogP contribution in [0.5, 0.6) is 0 Å². The zero-order valence-electron chi connectivity index (χ0n) is 14.0. The van der Waals surface area contributed by atoms with Gasteiger partial charge in [-0.1, -0.05) is 31.2 Å². The van der Waals surface area contributed by atoms with Crippen LogP contribution in [0.25, 0.3) is 0 Å². The lowest BCUT2D eigenvalue weighted by atomic mass is 9.88. The smallest absolute Gasteiger partial charge is 0.109 e. The van der Waals surface area contributed by atoms with E-state index >= 15 is 0 Å². The molecule has 1 heterocycles. The molecule has 23 heavy (non-hydrogen) atoms. The monoisotopic (exact) mass is 316 g/mol. The molecule has 2 aliphatic carbocycles. The SMILES string of the molecule is CC[C@H]1C[C@H]1[CH+][C@@H]1C[C@@H]2O[C@@H]2[C@H]1/C=C\C/C=C\CCCC(=O)[O-]. The van der Waals surface area contributed by atoms with Crippen LogP contribution in [-0.2, 0) is 9.53 Å². The van der Waals surface area contributed by atoms with E-state index in [2.05, 4.69) is 37.6 Å².